The van der Waals surface area contributed by atoms with Gasteiger partial charge in [0.25, 0.3) is 6.01 Å². The van der Waals surface area contributed by atoms with Gasteiger partial charge in [-0.05, 0) is 41.1 Å². The Morgan fingerprint density at radius 3 is 3.05 bits per heavy atom. The number of benzene rings is 1. The van der Waals surface area contributed by atoms with Gasteiger partial charge in [0.1, 0.15) is 6.26 Å². The van der Waals surface area contributed by atoms with E-state index in [0.717, 1.165) is 10.2 Å². The van der Waals surface area contributed by atoms with Crippen LogP contribution in [0.4, 0.5) is 11.7 Å². The molecule has 0 spiro atoms. The second kappa shape index (κ2) is 6.08. The maximum atomic E-state index is 11.4. The second-order valence-electron chi connectivity index (χ2n) is 3.51. The van der Waals surface area contributed by atoms with Crippen LogP contribution >= 0.6 is 27.5 Å². The zero-order chi connectivity index (χ0) is 13.8. The summed E-state index contributed by atoms with van der Waals surface area (Å²) in [5.41, 5.74) is 0.853. The Labute approximate surface area is 123 Å². The van der Waals surface area contributed by atoms with Crippen LogP contribution in [0.2, 0.25) is 5.02 Å². The second-order valence-corrected chi connectivity index (χ2v) is 4.77. The van der Waals surface area contributed by atoms with E-state index in [-0.39, 0.29) is 11.7 Å². The molecule has 0 aliphatic rings. The fourth-order valence-corrected chi connectivity index (χ4v) is 1.82. The minimum atomic E-state index is -0.517. The SMILES string of the molecule is CCOC(=O)c1coc(Nc2ccc(Cl)c(Br)c2)n1. The van der Waals surface area contributed by atoms with Crippen LogP contribution in [-0.4, -0.2) is 17.6 Å². The van der Waals surface area contributed by atoms with Gasteiger partial charge in [0.05, 0.1) is 11.6 Å². The molecule has 0 atom stereocenters. The molecule has 19 heavy (non-hydrogen) atoms. The monoisotopic (exact) mass is 344 g/mol. The Morgan fingerprint density at radius 2 is 2.37 bits per heavy atom. The normalized spacial score (nSPS) is 10.3. The lowest BCUT2D eigenvalue weighted by Gasteiger charge is -2.03. The molecule has 0 radical (unpaired) electrons. The van der Waals surface area contributed by atoms with Crippen molar-refractivity contribution in [2.75, 3.05) is 11.9 Å². The van der Waals surface area contributed by atoms with Crippen molar-refractivity contribution in [2.45, 2.75) is 6.92 Å². The van der Waals surface area contributed by atoms with Crippen molar-refractivity contribution in [1.82, 2.24) is 4.98 Å². The molecule has 1 heterocycles. The molecule has 0 aliphatic carbocycles. The lowest BCUT2D eigenvalue weighted by Crippen LogP contribution is -2.04. The molecule has 1 aromatic carbocycles. The third-order valence-corrected chi connectivity index (χ3v) is 3.37. The number of carbonyl (C=O) groups excluding carboxylic acids is 1. The Hall–Kier alpha value is -1.53. The van der Waals surface area contributed by atoms with Crippen molar-refractivity contribution in [3.63, 3.8) is 0 Å². The van der Waals surface area contributed by atoms with Gasteiger partial charge in [-0.1, -0.05) is 11.6 Å². The standard InChI is InChI=1S/C12H10BrClN2O3/c1-2-18-11(17)10-6-19-12(16-10)15-7-3-4-9(14)8(13)5-7/h3-6H,2H2,1H3,(H,15,16). The van der Waals surface area contributed by atoms with Gasteiger partial charge in [-0.25, -0.2) is 4.79 Å². The lowest BCUT2D eigenvalue weighted by atomic mass is 10.3. The molecule has 1 aromatic heterocycles. The highest BCUT2D eigenvalue weighted by Crippen LogP contribution is 2.27. The molecule has 0 bridgehead atoms. The van der Waals surface area contributed by atoms with Gasteiger partial charge < -0.3 is 14.5 Å². The Bertz CT molecular complexity index is 600. The average Bonchev–Trinajstić information content (AvgIpc) is 2.83. The molecule has 0 saturated heterocycles. The van der Waals surface area contributed by atoms with Crippen LogP contribution in [0.15, 0.2) is 33.4 Å². The van der Waals surface area contributed by atoms with E-state index in [1.807, 2.05) is 0 Å². The summed E-state index contributed by atoms with van der Waals surface area (Å²) in [6.07, 6.45) is 1.24. The Kier molecular flexibility index (Phi) is 4.44. The van der Waals surface area contributed by atoms with Gasteiger partial charge in [0.2, 0.25) is 0 Å². The van der Waals surface area contributed by atoms with Gasteiger partial charge in [-0.15, -0.1) is 0 Å². The summed E-state index contributed by atoms with van der Waals surface area (Å²) in [5, 5.41) is 3.52. The number of rotatable bonds is 4. The van der Waals surface area contributed by atoms with Crippen molar-refractivity contribution in [3.8, 4) is 0 Å². The number of oxazole rings is 1. The van der Waals surface area contributed by atoms with Crippen LogP contribution < -0.4 is 5.32 Å². The highest BCUT2D eigenvalue weighted by atomic mass is 79.9. The van der Waals surface area contributed by atoms with E-state index >= 15 is 0 Å². The summed E-state index contributed by atoms with van der Waals surface area (Å²) >= 11 is 9.20. The Balaban J connectivity index is 2.11. The molecule has 2 aromatic rings. The predicted molar refractivity (Wildman–Crippen MR) is 74.9 cm³/mol. The molecule has 0 aliphatic heterocycles. The van der Waals surface area contributed by atoms with Crippen LogP contribution in [0.25, 0.3) is 0 Å². The number of nitrogens with zero attached hydrogens (tertiary/aromatic N) is 1. The maximum absolute atomic E-state index is 11.4. The largest absolute Gasteiger partial charge is 0.461 e. The van der Waals surface area contributed by atoms with E-state index in [1.165, 1.54) is 6.26 Å². The van der Waals surface area contributed by atoms with Gasteiger partial charge in [0.15, 0.2) is 5.69 Å². The van der Waals surface area contributed by atoms with Gasteiger partial charge in [0, 0.05) is 10.2 Å². The molecule has 5 nitrogen and oxygen atoms in total. The quantitative estimate of drug-likeness (QED) is 0.848. The molecule has 100 valence electrons. The summed E-state index contributed by atoms with van der Waals surface area (Å²) in [5.74, 6) is -0.517. The van der Waals surface area contributed by atoms with E-state index in [4.69, 9.17) is 20.8 Å². The fourth-order valence-electron chi connectivity index (χ4n) is 1.33. The van der Waals surface area contributed by atoms with Crippen molar-refractivity contribution < 1.29 is 13.9 Å². The average molecular weight is 346 g/mol. The van der Waals surface area contributed by atoms with Gasteiger partial charge in [-0.2, -0.15) is 4.98 Å². The zero-order valence-electron chi connectivity index (χ0n) is 9.94. The molecule has 0 saturated carbocycles. The summed E-state index contributed by atoms with van der Waals surface area (Å²) in [4.78, 5) is 15.4. The summed E-state index contributed by atoms with van der Waals surface area (Å²) in [7, 11) is 0. The topological polar surface area (TPSA) is 64.4 Å². The molecule has 7 heteroatoms. The minimum absolute atomic E-state index is 0.123. The van der Waals surface area contributed by atoms with Crippen LogP contribution in [0.5, 0.6) is 0 Å². The van der Waals surface area contributed by atoms with Crippen LogP contribution in [0, 0.1) is 0 Å². The number of hydrogen-bond donors (Lipinski definition) is 1. The maximum Gasteiger partial charge on any atom is 0.360 e. The predicted octanol–water partition coefficient (Wildman–Crippen LogP) is 4.01. The third-order valence-electron chi connectivity index (χ3n) is 2.16. The van der Waals surface area contributed by atoms with Crippen LogP contribution in [-0.2, 0) is 4.74 Å². The fraction of sp³-hybridized carbons (Fsp3) is 0.167. The smallest absolute Gasteiger partial charge is 0.360 e. The first-order valence-electron chi connectivity index (χ1n) is 5.45. The van der Waals surface area contributed by atoms with Crippen molar-refractivity contribution in [2.24, 2.45) is 0 Å². The summed E-state index contributed by atoms with van der Waals surface area (Å²) < 4.78 is 10.7. The number of carbonyl (C=O) groups is 1. The van der Waals surface area contributed by atoms with E-state index in [1.54, 1.807) is 25.1 Å². The molecule has 0 unspecified atom stereocenters. The van der Waals surface area contributed by atoms with Gasteiger partial charge >= 0.3 is 5.97 Å². The minimum Gasteiger partial charge on any atom is -0.461 e. The molecular weight excluding hydrogens is 336 g/mol. The van der Waals surface area contributed by atoms with Crippen molar-refractivity contribution >= 4 is 45.2 Å². The van der Waals surface area contributed by atoms with E-state index in [2.05, 4.69) is 26.2 Å². The number of esters is 1. The highest BCUT2D eigenvalue weighted by Gasteiger charge is 2.13. The Morgan fingerprint density at radius 1 is 1.58 bits per heavy atom. The number of aromatic nitrogens is 1. The van der Waals surface area contributed by atoms with Crippen molar-refractivity contribution in [1.29, 1.82) is 0 Å². The first-order valence-corrected chi connectivity index (χ1v) is 6.62. The zero-order valence-corrected chi connectivity index (χ0v) is 12.3. The number of hydrogen-bond acceptors (Lipinski definition) is 5. The van der Waals surface area contributed by atoms with E-state index < -0.39 is 5.97 Å². The molecule has 2 rings (SSSR count). The van der Waals surface area contributed by atoms with Crippen molar-refractivity contribution in [3.05, 3.63) is 39.7 Å². The van der Waals surface area contributed by atoms with E-state index in [9.17, 15) is 4.79 Å². The lowest BCUT2D eigenvalue weighted by molar-refractivity contribution is 0.0519. The number of nitrogens with one attached hydrogen (secondary N) is 1. The molecule has 0 fully saturated rings. The first kappa shape index (κ1) is 13.9. The number of ether oxygens (including phenoxy) is 1. The third kappa shape index (κ3) is 3.48. The molecule has 1 N–H and O–H groups in total. The molecule has 0 amide bonds. The first-order chi connectivity index (χ1) is 9.10. The van der Waals surface area contributed by atoms with E-state index in [0.29, 0.717) is 11.6 Å². The summed E-state index contributed by atoms with van der Waals surface area (Å²) in [6.45, 7) is 2.01. The number of anilines is 2. The van der Waals surface area contributed by atoms with Gasteiger partial charge in [-0.3, -0.25) is 0 Å². The van der Waals surface area contributed by atoms with Crippen LogP contribution in [0.3, 0.4) is 0 Å². The number of halogens is 2. The summed E-state index contributed by atoms with van der Waals surface area (Å²) in [6, 6.07) is 5.47. The molecular formula is C12H10BrClN2O3. The highest BCUT2D eigenvalue weighted by molar-refractivity contribution is 9.10. The van der Waals surface area contributed by atoms with Crippen LogP contribution in [0.1, 0.15) is 17.4 Å².